The zero-order valence-corrected chi connectivity index (χ0v) is 36.8. The molecule has 0 saturated carbocycles. The van der Waals surface area contributed by atoms with E-state index in [1.807, 2.05) is 0 Å². The van der Waals surface area contributed by atoms with Gasteiger partial charge < -0.3 is 14.2 Å². The Morgan fingerprint density at radius 3 is 1.06 bits per heavy atom. The topological polar surface area (TPSA) is 78.9 Å². The van der Waals surface area contributed by atoms with Gasteiger partial charge in [-0.1, -0.05) is 221 Å². The standard InChI is InChI=1S/C48H92O6/c1-6-8-9-10-21-30-35-40-48(51)54-45(42-53-47(50)39-34-29-25-20-19-22-26-31-36-43(3)4)41-52-46(49)38-33-28-24-18-16-14-12-11-13-15-17-23-27-32-37-44(5)7-2/h43-45H,6-42H2,1-5H3/t44?,45-/m0/s1. The van der Waals surface area contributed by atoms with Gasteiger partial charge in [-0.05, 0) is 31.1 Å². The maximum Gasteiger partial charge on any atom is 0.306 e. The van der Waals surface area contributed by atoms with E-state index in [0.717, 1.165) is 69.6 Å². The highest BCUT2D eigenvalue weighted by atomic mass is 16.6. The normalized spacial score (nSPS) is 12.6. The fraction of sp³-hybridized carbons (Fsp3) is 0.938. The molecule has 1 unspecified atom stereocenters. The third-order valence-electron chi connectivity index (χ3n) is 11.1. The average Bonchev–Trinajstić information content (AvgIpc) is 3.15. The number of unbranched alkanes of at least 4 members (excludes halogenated alkanes) is 26. The summed E-state index contributed by atoms with van der Waals surface area (Å²) in [7, 11) is 0. The quantitative estimate of drug-likeness (QED) is 0.0350. The van der Waals surface area contributed by atoms with Crippen molar-refractivity contribution in [3.63, 3.8) is 0 Å². The molecule has 0 amide bonds. The van der Waals surface area contributed by atoms with E-state index in [9.17, 15) is 14.4 Å². The summed E-state index contributed by atoms with van der Waals surface area (Å²) < 4.78 is 16.7. The molecule has 6 heteroatoms. The van der Waals surface area contributed by atoms with E-state index in [4.69, 9.17) is 14.2 Å². The highest BCUT2D eigenvalue weighted by Gasteiger charge is 2.19. The summed E-state index contributed by atoms with van der Waals surface area (Å²) in [6.45, 7) is 11.3. The van der Waals surface area contributed by atoms with Gasteiger partial charge in [0.25, 0.3) is 0 Å². The summed E-state index contributed by atoms with van der Waals surface area (Å²) in [6.07, 6.45) is 39.6. The lowest BCUT2D eigenvalue weighted by molar-refractivity contribution is -0.167. The lowest BCUT2D eigenvalue weighted by Crippen LogP contribution is -2.30. The Kier molecular flexibility index (Phi) is 39.8. The van der Waals surface area contributed by atoms with Gasteiger partial charge in [0.15, 0.2) is 6.10 Å². The largest absolute Gasteiger partial charge is 0.462 e. The molecule has 0 aromatic rings. The van der Waals surface area contributed by atoms with Gasteiger partial charge in [-0.25, -0.2) is 0 Å². The number of carbonyl (C=O) groups excluding carboxylic acids is 3. The molecule has 0 aromatic heterocycles. The molecular formula is C48H92O6. The maximum atomic E-state index is 12.6. The summed E-state index contributed by atoms with van der Waals surface area (Å²) in [5, 5.41) is 0. The third kappa shape index (κ3) is 40.1. The fourth-order valence-corrected chi connectivity index (χ4v) is 7.07. The number of hydrogen-bond donors (Lipinski definition) is 0. The Hall–Kier alpha value is -1.59. The average molecular weight is 765 g/mol. The molecule has 0 aliphatic carbocycles. The predicted octanol–water partition coefficient (Wildman–Crippen LogP) is 15.0. The minimum Gasteiger partial charge on any atom is -0.462 e. The number of rotatable bonds is 42. The van der Waals surface area contributed by atoms with Crippen LogP contribution in [0, 0.1) is 11.8 Å². The lowest BCUT2D eigenvalue weighted by atomic mass is 9.99. The molecule has 0 aromatic carbocycles. The van der Waals surface area contributed by atoms with E-state index < -0.39 is 6.10 Å². The highest BCUT2D eigenvalue weighted by Crippen LogP contribution is 2.17. The first-order chi connectivity index (χ1) is 26.3. The predicted molar refractivity (Wildman–Crippen MR) is 229 cm³/mol. The minimum atomic E-state index is -0.759. The second-order valence-corrected chi connectivity index (χ2v) is 17.1. The molecule has 0 spiro atoms. The van der Waals surface area contributed by atoms with Crippen molar-refractivity contribution in [1.82, 2.24) is 0 Å². The molecule has 0 aliphatic heterocycles. The zero-order valence-electron chi connectivity index (χ0n) is 36.8. The van der Waals surface area contributed by atoms with Gasteiger partial charge in [0.05, 0.1) is 0 Å². The van der Waals surface area contributed by atoms with Crippen molar-refractivity contribution in [2.75, 3.05) is 13.2 Å². The number of ether oxygens (including phenoxy) is 3. The Labute approximate surface area is 336 Å². The summed E-state index contributed by atoms with van der Waals surface area (Å²) in [5.41, 5.74) is 0. The van der Waals surface area contributed by atoms with Gasteiger partial charge in [-0.15, -0.1) is 0 Å². The van der Waals surface area contributed by atoms with Crippen LogP contribution >= 0.6 is 0 Å². The van der Waals surface area contributed by atoms with Crippen LogP contribution in [0.2, 0.25) is 0 Å². The SMILES string of the molecule is CCCCCCCCCC(=O)O[C@@H](COC(=O)CCCCCCCCCCCCCCCCC(C)CC)COC(=O)CCCCCCCCCCC(C)C. The van der Waals surface area contributed by atoms with Crippen LogP contribution in [-0.2, 0) is 28.6 Å². The van der Waals surface area contributed by atoms with Gasteiger partial charge in [0, 0.05) is 19.3 Å². The van der Waals surface area contributed by atoms with Crippen LogP contribution in [0.3, 0.4) is 0 Å². The smallest absolute Gasteiger partial charge is 0.306 e. The third-order valence-corrected chi connectivity index (χ3v) is 11.1. The Balaban J connectivity index is 4.18. The molecule has 0 bridgehead atoms. The summed E-state index contributed by atoms with van der Waals surface area (Å²) in [5.74, 6) is 0.830. The van der Waals surface area contributed by atoms with Gasteiger partial charge in [0.1, 0.15) is 13.2 Å². The number of carbonyl (C=O) groups is 3. The van der Waals surface area contributed by atoms with Crippen LogP contribution in [0.25, 0.3) is 0 Å². The fourth-order valence-electron chi connectivity index (χ4n) is 7.07. The minimum absolute atomic E-state index is 0.0652. The molecule has 0 saturated heterocycles. The van der Waals surface area contributed by atoms with E-state index in [-0.39, 0.29) is 31.1 Å². The van der Waals surface area contributed by atoms with Gasteiger partial charge in [0.2, 0.25) is 0 Å². The van der Waals surface area contributed by atoms with Crippen LogP contribution in [0.5, 0.6) is 0 Å². The van der Waals surface area contributed by atoms with Crippen LogP contribution in [0.15, 0.2) is 0 Å². The summed E-state index contributed by atoms with van der Waals surface area (Å²) in [6, 6.07) is 0. The first kappa shape index (κ1) is 52.4. The molecule has 0 heterocycles. The summed E-state index contributed by atoms with van der Waals surface area (Å²) >= 11 is 0. The molecule has 0 radical (unpaired) electrons. The van der Waals surface area contributed by atoms with Gasteiger partial charge in [-0.2, -0.15) is 0 Å². The van der Waals surface area contributed by atoms with E-state index in [2.05, 4.69) is 34.6 Å². The van der Waals surface area contributed by atoms with Gasteiger partial charge in [-0.3, -0.25) is 14.4 Å². The van der Waals surface area contributed by atoms with Crippen LogP contribution in [0.1, 0.15) is 259 Å². The van der Waals surface area contributed by atoms with Crippen molar-refractivity contribution in [2.24, 2.45) is 11.8 Å². The van der Waals surface area contributed by atoms with E-state index in [1.165, 1.54) is 148 Å². The van der Waals surface area contributed by atoms with Crippen molar-refractivity contribution in [3.05, 3.63) is 0 Å². The van der Waals surface area contributed by atoms with Crippen molar-refractivity contribution in [3.8, 4) is 0 Å². The molecule has 2 atom stereocenters. The number of esters is 3. The lowest BCUT2D eigenvalue weighted by Gasteiger charge is -2.18. The molecule has 54 heavy (non-hydrogen) atoms. The molecular weight excluding hydrogens is 673 g/mol. The van der Waals surface area contributed by atoms with Gasteiger partial charge >= 0.3 is 17.9 Å². The van der Waals surface area contributed by atoms with Crippen molar-refractivity contribution in [1.29, 1.82) is 0 Å². The van der Waals surface area contributed by atoms with E-state index in [1.54, 1.807) is 0 Å². The molecule has 0 fully saturated rings. The zero-order chi connectivity index (χ0) is 39.7. The molecule has 0 aliphatic rings. The molecule has 6 nitrogen and oxygen atoms in total. The van der Waals surface area contributed by atoms with Crippen molar-refractivity contribution < 1.29 is 28.6 Å². The summed E-state index contributed by atoms with van der Waals surface area (Å²) in [4.78, 5) is 37.6. The Morgan fingerprint density at radius 2 is 0.704 bits per heavy atom. The van der Waals surface area contributed by atoms with Crippen LogP contribution in [0.4, 0.5) is 0 Å². The first-order valence-electron chi connectivity index (χ1n) is 23.8. The Morgan fingerprint density at radius 1 is 0.389 bits per heavy atom. The molecule has 0 rings (SSSR count). The molecule has 320 valence electrons. The highest BCUT2D eigenvalue weighted by molar-refractivity contribution is 5.71. The maximum absolute atomic E-state index is 12.6. The second kappa shape index (κ2) is 41.1. The van der Waals surface area contributed by atoms with Crippen LogP contribution in [-0.4, -0.2) is 37.2 Å². The Bertz CT molecular complexity index is 826. The second-order valence-electron chi connectivity index (χ2n) is 17.1. The monoisotopic (exact) mass is 765 g/mol. The van der Waals surface area contributed by atoms with Crippen molar-refractivity contribution >= 4 is 17.9 Å². The number of hydrogen-bond acceptors (Lipinski definition) is 6. The van der Waals surface area contributed by atoms with E-state index >= 15 is 0 Å². The molecule has 0 N–H and O–H groups in total. The van der Waals surface area contributed by atoms with Crippen molar-refractivity contribution in [2.45, 2.75) is 265 Å². The van der Waals surface area contributed by atoms with Crippen LogP contribution < -0.4 is 0 Å². The van der Waals surface area contributed by atoms with E-state index in [0.29, 0.717) is 19.3 Å². The first-order valence-corrected chi connectivity index (χ1v) is 23.8.